The van der Waals surface area contributed by atoms with Gasteiger partial charge in [-0.3, -0.25) is 27.3 Å². The maximum absolute atomic E-state index is 12.3. The van der Waals surface area contributed by atoms with E-state index in [0.717, 1.165) is 19.2 Å². The van der Waals surface area contributed by atoms with Crippen LogP contribution in [-0.4, -0.2) is 51.3 Å². The molecule has 1 aromatic heterocycles. The number of aliphatic hydroxyl groups is 2. The fourth-order valence-corrected chi connectivity index (χ4v) is 5.57. The first kappa shape index (κ1) is 38.8. The number of anilines is 1. The number of ether oxygens (including phenoxy) is 1. The quantitative estimate of drug-likeness (QED) is 0.178. The predicted octanol–water partition coefficient (Wildman–Crippen LogP) is -12.1. The van der Waals surface area contributed by atoms with Gasteiger partial charge >= 0.3 is 102 Å². The molecule has 2 rings (SSSR count). The van der Waals surface area contributed by atoms with E-state index >= 15 is 0 Å². The molecule has 35 heavy (non-hydrogen) atoms. The fourth-order valence-electron chi connectivity index (χ4n) is 2.28. The van der Waals surface area contributed by atoms with E-state index in [-0.39, 0.29) is 94.5 Å². The number of carbonyl (C=O) groups excluding carboxylic acids is 1. The summed E-state index contributed by atoms with van der Waals surface area (Å²) in [6, 6.07) is 1.14. The minimum Gasteiger partial charge on any atom is -0.790 e. The molecule has 1 aliphatic rings. The average Bonchev–Trinajstić information content (AvgIpc) is 2.87. The molecule has 0 bridgehead atoms. The molecule has 182 valence electrons. The van der Waals surface area contributed by atoms with Crippen molar-refractivity contribution in [3.8, 4) is 0 Å². The van der Waals surface area contributed by atoms with Gasteiger partial charge in [-0.1, -0.05) is 0 Å². The minimum atomic E-state index is -6.13. The van der Waals surface area contributed by atoms with Gasteiger partial charge < -0.3 is 39.5 Å². The maximum atomic E-state index is 12.3. The van der Waals surface area contributed by atoms with Gasteiger partial charge in [0, 0.05) is 20.2 Å². The van der Waals surface area contributed by atoms with Crippen molar-refractivity contribution in [3.05, 3.63) is 22.7 Å². The van der Waals surface area contributed by atoms with Crippen molar-refractivity contribution in [2.75, 3.05) is 12.4 Å². The van der Waals surface area contributed by atoms with Crippen LogP contribution in [0.2, 0.25) is 0 Å². The number of nitrogens with zero attached hydrogens (tertiary/aromatic N) is 2. The first-order valence-electron chi connectivity index (χ1n) is 8.04. The van der Waals surface area contributed by atoms with Gasteiger partial charge in [-0.2, -0.15) is 4.98 Å². The molecule has 0 aromatic carbocycles. The Hall–Kier alpha value is 1.64. The molecule has 1 aromatic rings. The van der Waals surface area contributed by atoms with E-state index in [1.165, 1.54) is 0 Å². The molecule has 0 saturated carbocycles. The van der Waals surface area contributed by atoms with Crippen molar-refractivity contribution in [2.45, 2.75) is 31.6 Å². The van der Waals surface area contributed by atoms with E-state index in [1.54, 1.807) is 0 Å². The van der Waals surface area contributed by atoms with Crippen LogP contribution in [0.25, 0.3) is 0 Å². The molecular weight excluding hydrogens is 576 g/mol. The molecular formula is C11H15N3Na3O15P3. The molecule has 24 heteroatoms. The molecule has 18 nitrogen and oxygen atoms in total. The Labute approximate surface area is 263 Å². The molecule has 3 N–H and O–H groups in total. The molecule has 2 unspecified atom stereocenters. The van der Waals surface area contributed by atoms with E-state index < -0.39 is 59.8 Å². The summed E-state index contributed by atoms with van der Waals surface area (Å²) in [6.07, 6.45) is -6.88. The van der Waals surface area contributed by atoms with Crippen LogP contribution < -0.4 is 114 Å². The van der Waals surface area contributed by atoms with Gasteiger partial charge in [0.1, 0.15) is 18.0 Å². The van der Waals surface area contributed by atoms with E-state index in [4.69, 9.17) is 4.74 Å². The first-order chi connectivity index (χ1) is 14.6. The van der Waals surface area contributed by atoms with E-state index in [9.17, 15) is 48.2 Å². The summed E-state index contributed by atoms with van der Waals surface area (Å²) in [5, 5.41) is 22.4. The number of phosphoric ester groups is 1. The van der Waals surface area contributed by atoms with Crippen LogP contribution in [0.1, 0.15) is 13.2 Å². The molecule has 1 fully saturated rings. The third kappa shape index (κ3) is 11.7. The fraction of sp³-hybridized carbons (Fsp3) is 0.545. The average molecular weight is 591 g/mol. The maximum Gasteiger partial charge on any atom is 1.00 e. The monoisotopic (exact) mass is 591 g/mol. The van der Waals surface area contributed by atoms with Crippen molar-refractivity contribution >= 4 is 35.2 Å². The standard InChI is InChI=1S/C11H18N3O15P3.3Na/c1-5(15)12-6-3-4-14(11(18)13-6)9-7(16)8(17)10(26-9)27-32(24,25-2)29-31(22,23)28-30(19,20)21;;;/h3-4,7-10,16-17H,1-2H3,(H,22,23)(H2,19,20,21)(H,12,13,15,18);;;/q;3*+1/p-3/t7-,8+,9-,10-,32?;;;/m1.../s1. The topological polar surface area (TPSA) is 271 Å². The van der Waals surface area contributed by atoms with E-state index in [2.05, 4.69) is 28.0 Å². The summed E-state index contributed by atoms with van der Waals surface area (Å²) in [7, 11) is -17.0. The minimum absolute atomic E-state index is 0. The number of hydrogen-bond acceptors (Lipinski definition) is 16. The second-order valence-corrected chi connectivity index (χ2v) is 10.4. The summed E-state index contributed by atoms with van der Waals surface area (Å²) in [6.45, 7) is 1.16. The SMILES string of the molecule is COP(=O)(O[C@H]1O[C@@H](n2ccc(NC(C)=O)nc2=O)[C@H](O)[C@@H]1O)OP(=O)([O-])OP(=O)([O-])[O-].[Na+].[Na+].[Na+]. The van der Waals surface area contributed by atoms with Crippen LogP contribution in [0.4, 0.5) is 5.82 Å². The van der Waals surface area contributed by atoms with E-state index in [1.807, 2.05) is 0 Å². The molecule has 1 aliphatic heterocycles. The van der Waals surface area contributed by atoms with Gasteiger partial charge in [0.15, 0.2) is 12.5 Å². The summed E-state index contributed by atoms with van der Waals surface area (Å²) >= 11 is 0. The third-order valence-corrected chi connectivity index (χ3v) is 7.57. The zero-order chi connectivity index (χ0) is 24.5. The third-order valence-electron chi connectivity index (χ3n) is 3.46. The Morgan fingerprint density at radius 3 is 2.17 bits per heavy atom. The van der Waals surface area contributed by atoms with Gasteiger partial charge in [0.2, 0.25) is 5.91 Å². The number of nitrogens with one attached hydrogen (secondary N) is 1. The van der Waals surface area contributed by atoms with Crippen LogP contribution in [0.5, 0.6) is 0 Å². The van der Waals surface area contributed by atoms with Gasteiger partial charge in [0.25, 0.3) is 7.82 Å². The van der Waals surface area contributed by atoms with Crippen molar-refractivity contribution in [1.82, 2.24) is 9.55 Å². The number of aliphatic hydroxyl groups excluding tert-OH is 2. The van der Waals surface area contributed by atoms with Crippen molar-refractivity contribution in [1.29, 1.82) is 0 Å². The summed E-state index contributed by atoms with van der Waals surface area (Å²) in [5.41, 5.74) is -1.07. The number of aromatic nitrogens is 2. The Kier molecular flexibility index (Phi) is 17.1. The Morgan fingerprint density at radius 1 is 1.14 bits per heavy atom. The van der Waals surface area contributed by atoms with Crippen LogP contribution in [0.15, 0.2) is 17.1 Å². The molecule has 0 radical (unpaired) electrons. The number of carbonyl (C=O) groups is 1. The molecule has 1 saturated heterocycles. The molecule has 1 amide bonds. The predicted molar refractivity (Wildman–Crippen MR) is 91.8 cm³/mol. The van der Waals surface area contributed by atoms with Gasteiger partial charge in [-0.15, -0.1) is 0 Å². The van der Waals surface area contributed by atoms with Gasteiger partial charge in [-0.05, 0) is 6.07 Å². The Morgan fingerprint density at radius 2 is 1.71 bits per heavy atom. The number of phosphoric acid groups is 3. The van der Waals surface area contributed by atoms with Crippen LogP contribution in [0, 0.1) is 0 Å². The molecule has 2 heterocycles. The summed E-state index contributed by atoms with van der Waals surface area (Å²) < 4.78 is 55.7. The normalized spacial score (nSPS) is 25.1. The van der Waals surface area contributed by atoms with E-state index in [0.29, 0.717) is 11.7 Å². The van der Waals surface area contributed by atoms with Crippen molar-refractivity contribution in [2.24, 2.45) is 0 Å². The second kappa shape index (κ2) is 15.4. The summed E-state index contributed by atoms with van der Waals surface area (Å²) in [5.74, 6) is -0.673. The largest absolute Gasteiger partial charge is 1.00 e. The smallest absolute Gasteiger partial charge is 0.790 e. The number of amides is 1. The van der Waals surface area contributed by atoms with Crippen LogP contribution in [0.3, 0.4) is 0 Å². The zero-order valence-electron chi connectivity index (χ0n) is 18.9. The Balaban J connectivity index is 0. The second-order valence-electron chi connectivity index (χ2n) is 5.85. The number of rotatable bonds is 9. The zero-order valence-corrected chi connectivity index (χ0v) is 27.6. The summed E-state index contributed by atoms with van der Waals surface area (Å²) in [4.78, 5) is 58.9. The number of hydrogen-bond donors (Lipinski definition) is 3. The first-order valence-corrected chi connectivity index (χ1v) is 12.4. The molecule has 0 aliphatic carbocycles. The van der Waals surface area contributed by atoms with Crippen molar-refractivity contribution in [3.63, 3.8) is 0 Å². The van der Waals surface area contributed by atoms with Crippen LogP contribution in [-0.2, 0) is 40.9 Å². The van der Waals surface area contributed by atoms with Gasteiger partial charge in [0.05, 0.1) is 7.82 Å². The van der Waals surface area contributed by atoms with Crippen LogP contribution >= 0.6 is 23.5 Å². The molecule has 6 atom stereocenters. The van der Waals surface area contributed by atoms with Gasteiger partial charge in [-0.25, -0.2) is 13.7 Å². The molecule has 0 spiro atoms. The Bertz CT molecular complexity index is 1070. The van der Waals surface area contributed by atoms with Crippen molar-refractivity contribution < 1.29 is 154 Å².